The van der Waals surface area contributed by atoms with E-state index in [0.717, 1.165) is 17.2 Å². The second kappa shape index (κ2) is 5.26. The van der Waals surface area contributed by atoms with Crippen molar-refractivity contribution in [3.8, 4) is 0 Å². The summed E-state index contributed by atoms with van der Waals surface area (Å²) in [5.41, 5.74) is 0. The van der Waals surface area contributed by atoms with Gasteiger partial charge in [0.2, 0.25) is 0 Å². The van der Waals surface area contributed by atoms with Crippen molar-refractivity contribution in [1.82, 2.24) is 5.32 Å². The lowest BCUT2D eigenvalue weighted by atomic mass is 9.99. The van der Waals surface area contributed by atoms with Crippen LogP contribution in [0.1, 0.15) is 40.5 Å². The molecule has 1 saturated heterocycles. The topological polar surface area (TPSA) is 12.0 Å². The van der Waals surface area contributed by atoms with Crippen LogP contribution >= 0.6 is 11.8 Å². The fourth-order valence-corrected chi connectivity index (χ4v) is 3.22. The Morgan fingerprint density at radius 3 is 2.54 bits per heavy atom. The molecule has 0 aromatic carbocycles. The van der Waals surface area contributed by atoms with Crippen molar-refractivity contribution < 1.29 is 0 Å². The van der Waals surface area contributed by atoms with Crippen molar-refractivity contribution >= 4 is 11.8 Å². The van der Waals surface area contributed by atoms with E-state index in [4.69, 9.17) is 0 Å². The molecule has 0 bridgehead atoms. The summed E-state index contributed by atoms with van der Waals surface area (Å²) in [7, 11) is 0. The molecule has 3 unspecified atom stereocenters. The molecule has 0 aromatic heterocycles. The molecule has 1 fully saturated rings. The molecular weight excluding hydrogens is 178 g/mol. The molecule has 0 aliphatic carbocycles. The Morgan fingerprint density at radius 2 is 2.15 bits per heavy atom. The van der Waals surface area contributed by atoms with Gasteiger partial charge in [0.25, 0.3) is 0 Å². The molecule has 2 heteroatoms. The highest BCUT2D eigenvalue weighted by Gasteiger charge is 2.26. The first-order valence-electron chi connectivity index (χ1n) is 5.52. The minimum absolute atomic E-state index is 0.714. The SMILES string of the molecule is CCC(NC1CCSC1C)C(C)C. The zero-order valence-corrected chi connectivity index (χ0v) is 10.2. The maximum absolute atomic E-state index is 3.79. The number of hydrogen-bond donors (Lipinski definition) is 1. The summed E-state index contributed by atoms with van der Waals surface area (Å²) in [5, 5.41) is 4.61. The summed E-state index contributed by atoms with van der Waals surface area (Å²) in [6.45, 7) is 9.26. The van der Waals surface area contributed by atoms with Crippen LogP contribution < -0.4 is 5.32 Å². The van der Waals surface area contributed by atoms with Crippen molar-refractivity contribution in [3.63, 3.8) is 0 Å². The van der Waals surface area contributed by atoms with E-state index in [2.05, 4.69) is 44.8 Å². The predicted octanol–water partition coefficient (Wildman–Crippen LogP) is 2.90. The number of nitrogens with one attached hydrogen (secondary N) is 1. The third kappa shape index (κ3) is 3.17. The predicted molar refractivity (Wildman–Crippen MR) is 62.4 cm³/mol. The molecular formula is C11H23NS. The van der Waals surface area contributed by atoms with Crippen LogP contribution in [0.4, 0.5) is 0 Å². The average Bonchev–Trinajstić information content (AvgIpc) is 2.46. The summed E-state index contributed by atoms with van der Waals surface area (Å²) in [4.78, 5) is 0. The molecule has 1 heterocycles. The van der Waals surface area contributed by atoms with Crippen molar-refractivity contribution in [2.24, 2.45) is 5.92 Å². The van der Waals surface area contributed by atoms with E-state index in [1.807, 2.05) is 0 Å². The van der Waals surface area contributed by atoms with E-state index in [9.17, 15) is 0 Å². The lowest BCUT2D eigenvalue weighted by Crippen LogP contribution is -2.43. The minimum atomic E-state index is 0.714. The maximum Gasteiger partial charge on any atom is 0.0194 e. The normalized spacial score (nSPS) is 31.2. The summed E-state index contributed by atoms with van der Waals surface area (Å²) in [5.74, 6) is 2.11. The maximum atomic E-state index is 3.79. The molecule has 78 valence electrons. The van der Waals surface area contributed by atoms with Gasteiger partial charge in [-0.15, -0.1) is 0 Å². The smallest absolute Gasteiger partial charge is 0.0194 e. The second-order valence-corrected chi connectivity index (χ2v) is 5.88. The van der Waals surface area contributed by atoms with Crippen LogP contribution in [0.25, 0.3) is 0 Å². The van der Waals surface area contributed by atoms with E-state index in [1.54, 1.807) is 0 Å². The summed E-state index contributed by atoms with van der Waals surface area (Å²) in [6.07, 6.45) is 2.61. The van der Waals surface area contributed by atoms with Gasteiger partial charge in [-0.25, -0.2) is 0 Å². The Hall–Kier alpha value is 0.310. The van der Waals surface area contributed by atoms with Gasteiger partial charge < -0.3 is 5.32 Å². The molecule has 0 amide bonds. The standard InChI is InChI=1S/C11H23NS/c1-5-10(8(2)3)12-11-6-7-13-9(11)4/h8-12H,5-7H2,1-4H3. The summed E-state index contributed by atoms with van der Waals surface area (Å²) >= 11 is 2.11. The third-order valence-electron chi connectivity index (χ3n) is 3.05. The number of thioether (sulfide) groups is 1. The Bertz CT molecular complexity index is 147. The van der Waals surface area contributed by atoms with Crippen LogP contribution in [0.15, 0.2) is 0 Å². The molecule has 1 N–H and O–H groups in total. The van der Waals surface area contributed by atoms with Crippen LogP contribution in [0.5, 0.6) is 0 Å². The Kier molecular flexibility index (Phi) is 4.60. The van der Waals surface area contributed by atoms with Crippen LogP contribution in [-0.2, 0) is 0 Å². The summed E-state index contributed by atoms with van der Waals surface area (Å²) in [6, 6.07) is 1.48. The highest BCUT2D eigenvalue weighted by molar-refractivity contribution is 8.00. The molecule has 3 atom stereocenters. The second-order valence-electron chi connectivity index (χ2n) is 4.40. The third-order valence-corrected chi connectivity index (χ3v) is 4.37. The van der Waals surface area contributed by atoms with Crippen LogP contribution in [-0.4, -0.2) is 23.1 Å². The van der Waals surface area contributed by atoms with E-state index < -0.39 is 0 Å². The van der Waals surface area contributed by atoms with Gasteiger partial charge in [0.1, 0.15) is 0 Å². The Balaban J connectivity index is 2.36. The molecule has 1 aliphatic rings. The van der Waals surface area contributed by atoms with Crippen LogP contribution in [0, 0.1) is 5.92 Å². The number of hydrogen-bond acceptors (Lipinski definition) is 2. The minimum Gasteiger partial charge on any atom is -0.310 e. The molecule has 0 radical (unpaired) electrons. The fourth-order valence-electron chi connectivity index (χ4n) is 2.01. The van der Waals surface area contributed by atoms with E-state index in [0.29, 0.717) is 6.04 Å². The largest absolute Gasteiger partial charge is 0.310 e. The first-order valence-corrected chi connectivity index (χ1v) is 6.57. The zero-order valence-electron chi connectivity index (χ0n) is 9.34. The van der Waals surface area contributed by atoms with Gasteiger partial charge in [-0.1, -0.05) is 27.7 Å². The molecule has 1 nitrogen and oxygen atoms in total. The summed E-state index contributed by atoms with van der Waals surface area (Å²) < 4.78 is 0. The average molecular weight is 201 g/mol. The molecule has 0 spiro atoms. The van der Waals surface area contributed by atoms with E-state index in [-0.39, 0.29) is 0 Å². The van der Waals surface area contributed by atoms with Gasteiger partial charge in [-0.3, -0.25) is 0 Å². The molecule has 1 rings (SSSR count). The van der Waals surface area contributed by atoms with E-state index in [1.165, 1.54) is 18.6 Å². The monoisotopic (exact) mass is 201 g/mol. The lowest BCUT2D eigenvalue weighted by molar-refractivity contribution is 0.341. The highest BCUT2D eigenvalue weighted by atomic mass is 32.2. The van der Waals surface area contributed by atoms with Gasteiger partial charge in [0.15, 0.2) is 0 Å². The lowest BCUT2D eigenvalue weighted by Gasteiger charge is -2.27. The Morgan fingerprint density at radius 1 is 1.46 bits per heavy atom. The molecule has 13 heavy (non-hydrogen) atoms. The number of rotatable bonds is 4. The fraction of sp³-hybridized carbons (Fsp3) is 1.00. The molecule has 0 aromatic rings. The van der Waals surface area contributed by atoms with Gasteiger partial charge in [-0.05, 0) is 24.5 Å². The van der Waals surface area contributed by atoms with Crippen molar-refractivity contribution in [1.29, 1.82) is 0 Å². The quantitative estimate of drug-likeness (QED) is 0.750. The molecule has 1 aliphatic heterocycles. The van der Waals surface area contributed by atoms with Gasteiger partial charge in [0, 0.05) is 17.3 Å². The highest BCUT2D eigenvalue weighted by Crippen LogP contribution is 2.27. The molecule has 0 saturated carbocycles. The van der Waals surface area contributed by atoms with Crippen molar-refractivity contribution in [2.45, 2.75) is 57.9 Å². The van der Waals surface area contributed by atoms with Gasteiger partial charge >= 0.3 is 0 Å². The Labute approximate surface area is 87.1 Å². The van der Waals surface area contributed by atoms with Crippen molar-refractivity contribution in [3.05, 3.63) is 0 Å². The first kappa shape index (κ1) is 11.4. The van der Waals surface area contributed by atoms with Crippen LogP contribution in [0.2, 0.25) is 0 Å². The zero-order chi connectivity index (χ0) is 9.84. The van der Waals surface area contributed by atoms with Crippen LogP contribution in [0.3, 0.4) is 0 Å². The van der Waals surface area contributed by atoms with Gasteiger partial charge in [-0.2, -0.15) is 11.8 Å². The van der Waals surface area contributed by atoms with Gasteiger partial charge in [0.05, 0.1) is 0 Å². The van der Waals surface area contributed by atoms with E-state index >= 15 is 0 Å². The van der Waals surface area contributed by atoms with Crippen molar-refractivity contribution in [2.75, 3.05) is 5.75 Å². The first-order chi connectivity index (χ1) is 6.15.